The van der Waals surface area contributed by atoms with Gasteiger partial charge < -0.3 is 19.8 Å². The first-order valence-electron chi connectivity index (χ1n) is 9.39. The first kappa shape index (κ1) is 17.5. The van der Waals surface area contributed by atoms with E-state index in [1.165, 1.54) is 11.3 Å². The minimum atomic E-state index is -0.0331. The van der Waals surface area contributed by atoms with Crippen LogP contribution in [-0.4, -0.2) is 24.6 Å². The minimum Gasteiger partial charge on any atom is -0.497 e. The van der Waals surface area contributed by atoms with Gasteiger partial charge in [0, 0.05) is 28.2 Å². The highest BCUT2D eigenvalue weighted by molar-refractivity contribution is 5.94. The molecule has 1 aromatic heterocycles. The molecule has 1 unspecified atom stereocenters. The smallest absolute Gasteiger partial charge is 0.227 e. The maximum Gasteiger partial charge on any atom is 0.227 e. The number of H-pyrrole nitrogens is 1. The zero-order valence-electron chi connectivity index (χ0n) is 15.7. The molecule has 3 aromatic rings. The normalized spacial score (nSPS) is 16.0. The molecule has 5 nitrogen and oxygen atoms in total. The number of rotatable bonds is 5. The molecule has 1 aliphatic rings. The van der Waals surface area contributed by atoms with Crippen molar-refractivity contribution in [3.05, 3.63) is 53.7 Å². The number of aromatic amines is 1. The summed E-state index contributed by atoms with van der Waals surface area (Å²) in [6.07, 6.45) is 2.47. The number of ether oxygens (including phenoxy) is 2. The number of hydrogen-bond donors (Lipinski definition) is 2. The van der Waals surface area contributed by atoms with Gasteiger partial charge >= 0.3 is 0 Å². The first-order chi connectivity index (χ1) is 13.2. The number of amides is 1. The molecule has 1 amide bonds. The second-order valence-electron chi connectivity index (χ2n) is 6.88. The van der Waals surface area contributed by atoms with Crippen LogP contribution in [0.25, 0.3) is 10.9 Å². The van der Waals surface area contributed by atoms with Gasteiger partial charge in [-0.1, -0.05) is 0 Å². The molecule has 0 spiro atoms. The van der Waals surface area contributed by atoms with Crippen LogP contribution in [0.3, 0.4) is 0 Å². The summed E-state index contributed by atoms with van der Waals surface area (Å²) in [6.45, 7) is 2.58. The molecule has 0 aliphatic heterocycles. The van der Waals surface area contributed by atoms with E-state index in [0.717, 1.165) is 47.4 Å². The van der Waals surface area contributed by atoms with Gasteiger partial charge in [0.05, 0.1) is 13.7 Å². The van der Waals surface area contributed by atoms with Crippen LogP contribution in [-0.2, 0) is 17.6 Å². The third kappa shape index (κ3) is 3.50. The fraction of sp³-hybridized carbons (Fsp3) is 0.318. The lowest BCUT2D eigenvalue weighted by Gasteiger charge is -2.22. The van der Waals surface area contributed by atoms with E-state index in [1.54, 1.807) is 7.11 Å². The van der Waals surface area contributed by atoms with E-state index in [9.17, 15) is 4.79 Å². The van der Waals surface area contributed by atoms with Gasteiger partial charge in [-0.05, 0) is 74.2 Å². The van der Waals surface area contributed by atoms with Gasteiger partial charge in [-0.15, -0.1) is 0 Å². The van der Waals surface area contributed by atoms with Crippen molar-refractivity contribution >= 4 is 22.5 Å². The average Bonchev–Trinajstić information content (AvgIpc) is 3.06. The highest BCUT2D eigenvalue weighted by Gasteiger charge is 2.27. The van der Waals surface area contributed by atoms with Crippen molar-refractivity contribution in [1.29, 1.82) is 0 Å². The Morgan fingerprint density at radius 3 is 2.70 bits per heavy atom. The Bertz CT molecular complexity index is 960. The van der Waals surface area contributed by atoms with Crippen LogP contribution >= 0.6 is 0 Å². The Labute approximate surface area is 158 Å². The summed E-state index contributed by atoms with van der Waals surface area (Å²) >= 11 is 0. The van der Waals surface area contributed by atoms with Crippen molar-refractivity contribution in [2.45, 2.75) is 26.2 Å². The first-order valence-corrected chi connectivity index (χ1v) is 9.39. The number of anilines is 1. The van der Waals surface area contributed by atoms with Gasteiger partial charge in [0.25, 0.3) is 0 Å². The molecule has 5 heteroatoms. The van der Waals surface area contributed by atoms with Crippen LogP contribution in [0.2, 0.25) is 0 Å². The van der Waals surface area contributed by atoms with Crippen LogP contribution in [0.5, 0.6) is 11.5 Å². The van der Waals surface area contributed by atoms with E-state index < -0.39 is 0 Å². The molecule has 2 N–H and O–H groups in total. The molecule has 2 aromatic carbocycles. The molecule has 0 fully saturated rings. The third-order valence-electron chi connectivity index (χ3n) is 5.20. The second-order valence-corrected chi connectivity index (χ2v) is 6.88. The van der Waals surface area contributed by atoms with E-state index in [4.69, 9.17) is 9.47 Å². The molecule has 140 valence electrons. The Morgan fingerprint density at radius 2 is 1.96 bits per heavy atom. The highest BCUT2D eigenvalue weighted by atomic mass is 16.5. The van der Waals surface area contributed by atoms with Crippen molar-refractivity contribution in [3.8, 4) is 11.5 Å². The molecule has 27 heavy (non-hydrogen) atoms. The number of nitrogens with one attached hydrogen (secondary N) is 2. The van der Waals surface area contributed by atoms with Crippen LogP contribution in [0.1, 0.15) is 24.6 Å². The maximum atomic E-state index is 12.8. The standard InChI is InChI=1S/C22H24N2O3/c1-3-27-16-7-5-15(6-8-16)23-22(25)14-4-10-20-18(12-14)19-13-17(26-2)9-11-21(19)24-20/h5-9,11,13-14,24H,3-4,10,12H2,1-2H3,(H,23,25). The number of carbonyl (C=O) groups is 1. The summed E-state index contributed by atoms with van der Waals surface area (Å²) in [7, 11) is 1.67. The summed E-state index contributed by atoms with van der Waals surface area (Å²) in [5.41, 5.74) is 4.38. The van der Waals surface area contributed by atoms with Crippen LogP contribution < -0.4 is 14.8 Å². The van der Waals surface area contributed by atoms with Crippen molar-refractivity contribution in [3.63, 3.8) is 0 Å². The number of fused-ring (bicyclic) bond motifs is 3. The summed E-state index contributed by atoms with van der Waals surface area (Å²) in [6, 6.07) is 13.6. The van der Waals surface area contributed by atoms with Crippen molar-refractivity contribution in [1.82, 2.24) is 4.98 Å². The molecule has 0 saturated heterocycles. The van der Waals surface area contributed by atoms with Gasteiger partial charge in [0.1, 0.15) is 11.5 Å². The molecule has 0 radical (unpaired) electrons. The van der Waals surface area contributed by atoms with E-state index in [0.29, 0.717) is 6.61 Å². The number of methoxy groups -OCH3 is 1. The molecule has 0 bridgehead atoms. The third-order valence-corrected chi connectivity index (χ3v) is 5.20. The van der Waals surface area contributed by atoms with E-state index in [-0.39, 0.29) is 11.8 Å². The molecular formula is C22H24N2O3. The largest absolute Gasteiger partial charge is 0.497 e. The predicted octanol–water partition coefficient (Wildman–Crippen LogP) is 4.32. The average molecular weight is 364 g/mol. The summed E-state index contributed by atoms with van der Waals surface area (Å²) in [4.78, 5) is 16.3. The van der Waals surface area contributed by atoms with Gasteiger partial charge in [-0.25, -0.2) is 0 Å². The van der Waals surface area contributed by atoms with E-state index in [1.807, 2.05) is 43.3 Å². The lowest BCUT2D eigenvalue weighted by molar-refractivity contribution is -0.120. The monoisotopic (exact) mass is 364 g/mol. The fourth-order valence-electron chi connectivity index (χ4n) is 3.79. The van der Waals surface area contributed by atoms with Crippen LogP contribution in [0.4, 0.5) is 5.69 Å². The number of hydrogen-bond acceptors (Lipinski definition) is 3. The topological polar surface area (TPSA) is 63.3 Å². The number of aromatic nitrogens is 1. The minimum absolute atomic E-state index is 0.0331. The Morgan fingerprint density at radius 1 is 1.19 bits per heavy atom. The zero-order valence-corrected chi connectivity index (χ0v) is 15.7. The SMILES string of the molecule is CCOc1ccc(NC(=O)C2CCc3[nH]c4ccc(OC)cc4c3C2)cc1. The lowest BCUT2D eigenvalue weighted by atomic mass is 9.85. The maximum absolute atomic E-state index is 12.8. The summed E-state index contributed by atoms with van der Waals surface area (Å²) < 4.78 is 10.8. The quantitative estimate of drug-likeness (QED) is 0.709. The van der Waals surface area contributed by atoms with Gasteiger partial charge in [-0.3, -0.25) is 4.79 Å². The predicted molar refractivity (Wildman–Crippen MR) is 107 cm³/mol. The van der Waals surface area contributed by atoms with Crippen LogP contribution in [0.15, 0.2) is 42.5 Å². The molecule has 4 rings (SSSR count). The van der Waals surface area contributed by atoms with E-state index in [2.05, 4.69) is 16.4 Å². The molecule has 1 aliphatic carbocycles. The van der Waals surface area contributed by atoms with Crippen molar-refractivity contribution < 1.29 is 14.3 Å². The van der Waals surface area contributed by atoms with Crippen molar-refractivity contribution in [2.24, 2.45) is 5.92 Å². The Balaban J connectivity index is 1.50. The van der Waals surface area contributed by atoms with E-state index >= 15 is 0 Å². The number of aryl methyl sites for hydroxylation is 1. The molecule has 0 saturated carbocycles. The fourth-order valence-corrected chi connectivity index (χ4v) is 3.79. The zero-order chi connectivity index (χ0) is 18.8. The van der Waals surface area contributed by atoms with Gasteiger partial charge in [0.2, 0.25) is 5.91 Å². The van der Waals surface area contributed by atoms with Gasteiger partial charge in [0.15, 0.2) is 0 Å². The number of carbonyl (C=O) groups excluding carboxylic acids is 1. The molecule has 1 atom stereocenters. The Hall–Kier alpha value is -2.95. The Kier molecular flexibility index (Phi) is 4.75. The molecule has 1 heterocycles. The number of benzene rings is 2. The van der Waals surface area contributed by atoms with Crippen molar-refractivity contribution in [2.75, 3.05) is 19.0 Å². The summed E-state index contributed by atoms with van der Waals surface area (Å²) in [5.74, 6) is 1.69. The van der Waals surface area contributed by atoms with Gasteiger partial charge in [-0.2, -0.15) is 0 Å². The lowest BCUT2D eigenvalue weighted by Crippen LogP contribution is -2.28. The highest BCUT2D eigenvalue weighted by Crippen LogP contribution is 2.34. The van der Waals surface area contributed by atoms with Crippen LogP contribution in [0, 0.1) is 5.92 Å². The molecular weight excluding hydrogens is 340 g/mol. The second kappa shape index (κ2) is 7.35. The summed E-state index contributed by atoms with van der Waals surface area (Å²) in [5, 5.41) is 4.20.